The van der Waals surface area contributed by atoms with Crippen LogP contribution in [0.3, 0.4) is 0 Å². The zero-order valence-electron chi connectivity index (χ0n) is 16.3. The van der Waals surface area contributed by atoms with E-state index in [1.54, 1.807) is 18.3 Å². The number of carbonyl (C=O) groups excluding carboxylic acids is 2. The number of urea groups is 1. The normalized spacial score (nSPS) is 16.5. The van der Waals surface area contributed by atoms with Crippen molar-refractivity contribution in [2.75, 3.05) is 12.4 Å². The fourth-order valence-electron chi connectivity index (χ4n) is 3.44. The fourth-order valence-corrected chi connectivity index (χ4v) is 6.16. The number of aromatic nitrogens is 3. The number of nitrogens with zero attached hydrogens (tertiary/aromatic N) is 3. The van der Waals surface area contributed by atoms with Gasteiger partial charge in [-0.05, 0) is 30.5 Å². The first-order valence-corrected chi connectivity index (χ1v) is 12.2. The van der Waals surface area contributed by atoms with Gasteiger partial charge in [-0.1, -0.05) is 41.3 Å². The standard InChI is InChI=1S/C20H17N5O3S3/c1-2-28-17(26)15-11(21-18(27)22-16(15)14-8-5-9-29-14)10-30-19-23-24-20-25(19)12-6-3-4-7-13(12)31-20/h3-9,16H,2,10H2,1H3,(H2,21,22,27)/t16-/m0/s1. The van der Waals surface area contributed by atoms with E-state index in [0.717, 1.165) is 20.1 Å². The third-order valence-electron chi connectivity index (χ3n) is 4.73. The smallest absolute Gasteiger partial charge is 0.338 e. The Bertz CT molecular complexity index is 1310. The van der Waals surface area contributed by atoms with E-state index in [0.29, 0.717) is 22.2 Å². The van der Waals surface area contributed by atoms with Crippen molar-refractivity contribution in [3.05, 3.63) is 57.9 Å². The molecule has 8 nitrogen and oxygen atoms in total. The first-order valence-electron chi connectivity index (χ1n) is 9.52. The molecule has 0 aliphatic carbocycles. The molecular formula is C20H17N5O3S3. The monoisotopic (exact) mass is 471 g/mol. The number of thioether (sulfide) groups is 1. The van der Waals surface area contributed by atoms with Crippen LogP contribution in [0.25, 0.3) is 15.2 Å². The summed E-state index contributed by atoms with van der Waals surface area (Å²) in [5.41, 5.74) is 1.95. The average molecular weight is 472 g/mol. The molecule has 0 spiro atoms. The van der Waals surface area contributed by atoms with Gasteiger partial charge in [0.2, 0.25) is 4.96 Å². The topological polar surface area (TPSA) is 97.6 Å². The van der Waals surface area contributed by atoms with Gasteiger partial charge in [-0.2, -0.15) is 0 Å². The number of benzene rings is 1. The van der Waals surface area contributed by atoms with Gasteiger partial charge in [0.1, 0.15) is 0 Å². The van der Waals surface area contributed by atoms with E-state index in [1.165, 1.54) is 23.1 Å². The van der Waals surface area contributed by atoms with Gasteiger partial charge in [0.15, 0.2) is 5.16 Å². The number of hydrogen-bond donors (Lipinski definition) is 2. The summed E-state index contributed by atoms with van der Waals surface area (Å²) in [5, 5.41) is 16.8. The molecule has 2 amide bonds. The molecule has 0 fully saturated rings. The van der Waals surface area contributed by atoms with E-state index in [2.05, 4.69) is 20.8 Å². The molecule has 1 aromatic carbocycles. The highest BCUT2D eigenvalue weighted by Crippen LogP contribution is 2.34. The molecule has 1 atom stereocenters. The summed E-state index contributed by atoms with van der Waals surface area (Å²) in [6.07, 6.45) is 0. The maximum Gasteiger partial charge on any atom is 0.338 e. The summed E-state index contributed by atoms with van der Waals surface area (Å²) in [4.78, 5) is 26.9. The highest BCUT2D eigenvalue weighted by Gasteiger charge is 2.34. The molecule has 1 aliphatic heterocycles. The van der Waals surface area contributed by atoms with Crippen LogP contribution in [0.1, 0.15) is 17.8 Å². The Kier molecular flexibility index (Phi) is 5.38. The minimum Gasteiger partial charge on any atom is -0.463 e. The van der Waals surface area contributed by atoms with Gasteiger partial charge in [-0.25, -0.2) is 9.59 Å². The Morgan fingerprint density at radius 2 is 2.13 bits per heavy atom. The molecule has 0 radical (unpaired) electrons. The first-order chi connectivity index (χ1) is 15.2. The minimum absolute atomic E-state index is 0.250. The molecule has 0 saturated heterocycles. The molecular weight excluding hydrogens is 454 g/mol. The van der Waals surface area contributed by atoms with Crippen LogP contribution in [0, 0.1) is 0 Å². The van der Waals surface area contributed by atoms with E-state index in [9.17, 15) is 9.59 Å². The zero-order valence-corrected chi connectivity index (χ0v) is 18.8. The lowest BCUT2D eigenvalue weighted by molar-refractivity contribution is -0.139. The second kappa shape index (κ2) is 8.33. The second-order valence-corrected chi connectivity index (χ2v) is 9.55. The first kappa shape index (κ1) is 20.0. The lowest BCUT2D eigenvalue weighted by Crippen LogP contribution is -2.46. The summed E-state index contributed by atoms with van der Waals surface area (Å²) in [6, 6.07) is 10.9. The maximum atomic E-state index is 12.8. The van der Waals surface area contributed by atoms with Crippen molar-refractivity contribution in [3.63, 3.8) is 0 Å². The number of carbonyl (C=O) groups is 2. The van der Waals surface area contributed by atoms with Crippen molar-refractivity contribution in [3.8, 4) is 0 Å². The van der Waals surface area contributed by atoms with Crippen LogP contribution < -0.4 is 10.6 Å². The number of hydrogen-bond acceptors (Lipinski definition) is 8. The molecule has 158 valence electrons. The number of amides is 2. The Labute approximate surface area is 189 Å². The van der Waals surface area contributed by atoms with Crippen molar-refractivity contribution < 1.29 is 14.3 Å². The lowest BCUT2D eigenvalue weighted by Gasteiger charge is -2.28. The molecule has 3 aromatic heterocycles. The van der Waals surface area contributed by atoms with Crippen LogP contribution >= 0.6 is 34.4 Å². The van der Waals surface area contributed by atoms with Crippen LogP contribution in [0.5, 0.6) is 0 Å². The SMILES string of the molecule is CCOC(=O)C1=C(CSc2nnc3sc4ccccc4n23)NC(=O)N[C@H]1c1cccs1. The average Bonchev–Trinajstić information content (AvgIpc) is 3.49. The van der Waals surface area contributed by atoms with Crippen molar-refractivity contribution in [2.24, 2.45) is 0 Å². The van der Waals surface area contributed by atoms with Crippen LogP contribution in [0.4, 0.5) is 4.79 Å². The highest BCUT2D eigenvalue weighted by molar-refractivity contribution is 7.99. The number of para-hydroxylation sites is 1. The third-order valence-corrected chi connectivity index (χ3v) is 7.64. The predicted molar refractivity (Wildman–Crippen MR) is 121 cm³/mol. The molecule has 11 heteroatoms. The summed E-state index contributed by atoms with van der Waals surface area (Å²) in [6.45, 7) is 2.01. The summed E-state index contributed by atoms with van der Waals surface area (Å²) in [7, 11) is 0. The second-order valence-electron chi connectivity index (χ2n) is 6.62. The van der Waals surface area contributed by atoms with Gasteiger partial charge in [0.25, 0.3) is 0 Å². The van der Waals surface area contributed by atoms with E-state index in [1.807, 2.05) is 46.2 Å². The van der Waals surface area contributed by atoms with Crippen molar-refractivity contribution in [1.82, 2.24) is 25.2 Å². The van der Waals surface area contributed by atoms with Crippen molar-refractivity contribution in [1.29, 1.82) is 0 Å². The Morgan fingerprint density at radius 3 is 2.94 bits per heavy atom. The van der Waals surface area contributed by atoms with E-state index in [4.69, 9.17) is 4.74 Å². The number of rotatable bonds is 6. The quantitative estimate of drug-likeness (QED) is 0.326. The van der Waals surface area contributed by atoms with Gasteiger partial charge in [0, 0.05) is 16.3 Å². The minimum atomic E-state index is -0.552. The van der Waals surface area contributed by atoms with Crippen LogP contribution in [0.2, 0.25) is 0 Å². The molecule has 0 unspecified atom stereocenters. The summed E-state index contributed by atoms with van der Waals surface area (Å²) in [5.74, 6) is -0.106. The zero-order chi connectivity index (χ0) is 21.4. The fraction of sp³-hybridized carbons (Fsp3) is 0.200. The molecule has 0 bridgehead atoms. The van der Waals surface area contributed by atoms with Crippen LogP contribution in [-0.4, -0.2) is 39.0 Å². The molecule has 4 aromatic rings. The maximum absolute atomic E-state index is 12.8. The number of nitrogens with one attached hydrogen (secondary N) is 2. The lowest BCUT2D eigenvalue weighted by atomic mass is 10.0. The third kappa shape index (κ3) is 3.68. The predicted octanol–water partition coefficient (Wildman–Crippen LogP) is 3.97. The van der Waals surface area contributed by atoms with Gasteiger partial charge < -0.3 is 15.4 Å². The summed E-state index contributed by atoms with van der Waals surface area (Å²) >= 11 is 4.46. The highest BCUT2D eigenvalue weighted by atomic mass is 32.2. The molecule has 4 heterocycles. The van der Waals surface area contributed by atoms with Gasteiger partial charge in [-0.3, -0.25) is 4.40 Å². The van der Waals surface area contributed by atoms with Crippen molar-refractivity contribution >= 4 is 61.6 Å². The van der Waals surface area contributed by atoms with Gasteiger partial charge >= 0.3 is 12.0 Å². The van der Waals surface area contributed by atoms with Gasteiger partial charge in [-0.15, -0.1) is 21.5 Å². The Hall–Kier alpha value is -2.89. The number of fused-ring (bicyclic) bond motifs is 3. The number of thiazole rings is 1. The van der Waals surface area contributed by atoms with E-state index >= 15 is 0 Å². The number of esters is 1. The molecule has 0 saturated carbocycles. The van der Waals surface area contributed by atoms with Crippen LogP contribution in [-0.2, 0) is 9.53 Å². The van der Waals surface area contributed by atoms with Gasteiger partial charge in [0.05, 0.1) is 28.4 Å². The molecule has 31 heavy (non-hydrogen) atoms. The number of thiophene rings is 1. The largest absolute Gasteiger partial charge is 0.463 e. The summed E-state index contributed by atoms with van der Waals surface area (Å²) < 4.78 is 8.42. The Morgan fingerprint density at radius 1 is 1.26 bits per heavy atom. The van der Waals surface area contributed by atoms with Crippen molar-refractivity contribution in [2.45, 2.75) is 18.1 Å². The molecule has 2 N–H and O–H groups in total. The van der Waals surface area contributed by atoms with E-state index < -0.39 is 12.0 Å². The molecule has 1 aliphatic rings. The van der Waals surface area contributed by atoms with Crippen LogP contribution in [0.15, 0.2) is 58.2 Å². The number of ether oxygens (including phenoxy) is 1. The molecule has 5 rings (SSSR count). The van der Waals surface area contributed by atoms with E-state index in [-0.39, 0.29) is 12.6 Å². The Balaban J connectivity index is 1.52.